The summed E-state index contributed by atoms with van der Waals surface area (Å²) < 4.78 is 10.7. The lowest BCUT2D eigenvalue weighted by atomic mass is 10.0. The van der Waals surface area contributed by atoms with Crippen molar-refractivity contribution in [3.05, 3.63) is 89.0 Å². The Morgan fingerprint density at radius 2 is 1.68 bits per heavy atom. The molecule has 0 aliphatic carbocycles. The van der Waals surface area contributed by atoms with Crippen LogP contribution in [0.4, 0.5) is 0 Å². The van der Waals surface area contributed by atoms with Crippen LogP contribution in [-0.4, -0.2) is 19.6 Å². The first-order valence-electron chi connectivity index (χ1n) is 9.44. The van der Waals surface area contributed by atoms with Crippen LogP contribution in [0.15, 0.2) is 66.7 Å². The number of hydrogen-bond acceptors (Lipinski definition) is 3. The highest BCUT2D eigenvalue weighted by molar-refractivity contribution is 5.94. The SMILES string of the molecule is COCc1ccc(C(=O)NCc2ccc(-c3ccc4c(c3)CCO4)cc2)cc1. The van der Waals surface area contributed by atoms with Gasteiger partial charge in [0.25, 0.3) is 5.91 Å². The van der Waals surface area contributed by atoms with E-state index in [0.29, 0.717) is 18.7 Å². The maximum atomic E-state index is 12.3. The summed E-state index contributed by atoms with van der Waals surface area (Å²) in [5.41, 5.74) is 6.39. The monoisotopic (exact) mass is 373 g/mol. The van der Waals surface area contributed by atoms with E-state index in [1.807, 2.05) is 30.3 Å². The molecule has 0 aromatic heterocycles. The maximum Gasteiger partial charge on any atom is 0.251 e. The van der Waals surface area contributed by atoms with Crippen molar-refractivity contribution in [1.82, 2.24) is 5.32 Å². The second kappa shape index (κ2) is 8.28. The Kier molecular flexibility index (Phi) is 5.40. The highest BCUT2D eigenvalue weighted by Gasteiger charge is 2.12. The number of rotatable bonds is 6. The van der Waals surface area contributed by atoms with Crippen LogP contribution in [0, 0.1) is 0 Å². The predicted octanol–water partition coefficient (Wildman–Crippen LogP) is 4.36. The number of amides is 1. The van der Waals surface area contributed by atoms with Crippen molar-refractivity contribution in [2.45, 2.75) is 19.6 Å². The molecule has 4 rings (SSSR count). The molecule has 0 spiro atoms. The standard InChI is InChI=1S/C24H23NO3/c1-27-16-18-4-8-20(9-5-18)24(26)25-15-17-2-6-19(7-3-17)21-10-11-23-22(14-21)12-13-28-23/h2-11,14H,12-13,15-16H2,1H3,(H,25,26). The zero-order chi connectivity index (χ0) is 19.3. The maximum absolute atomic E-state index is 12.3. The number of ether oxygens (including phenoxy) is 2. The van der Waals surface area contributed by atoms with Gasteiger partial charge < -0.3 is 14.8 Å². The molecule has 0 fully saturated rings. The van der Waals surface area contributed by atoms with E-state index in [1.165, 1.54) is 16.7 Å². The molecule has 0 bridgehead atoms. The van der Waals surface area contributed by atoms with E-state index in [9.17, 15) is 4.79 Å². The van der Waals surface area contributed by atoms with Crippen LogP contribution in [0.3, 0.4) is 0 Å². The molecule has 4 heteroatoms. The third-order valence-corrected chi connectivity index (χ3v) is 4.96. The summed E-state index contributed by atoms with van der Waals surface area (Å²) in [5.74, 6) is 0.921. The minimum Gasteiger partial charge on any atom is -0.493 e. The minimum absolute atomic E-state index is 0.0772. The molecule has 1 aliphatic rings. The molecule has 0 radical (unpaired) electrons. The molecule has 3 aromatic carbocycles. The lowest BCUT2D eigenvalue weighted by molar-refractivity contribution is 0.0951. The van der Waals surface area contributed by atoms with Crippen molar-refractivity contribution in [1.29, 1.82) is 0 Å². The van der Waals surface area contributed by atoms with Gasteiger partial charge in [0.15, 0.2) is 0 Å². The lowest BCUT2D eigenvalue weighted by Gasteiger charge is -2.08. The van der Waals surface area contributed by atoms with E-state index in [2.05, 4.69) is 41.7 Å². The zero-order valence-corrected chi connectivity index (χ0v) is 15.9. The van der Waals surface area contributed by atoms with Gasteiger partial charge in [0, 0.05) is 25.6 Å². The summed E-state index contributed by atoms with van der Waals surface area (Å²) in [7, 11) is 1.66. The van der Waals surface area contributed by atoms with Crippen molar-refractivity contribution in [3.8, 4) is 16.9 Å². The third-order valence-electron chi connectivity index (χ3n) is 4.96. The van der Waals surface area contributed by atoms with Gasteiger partial charge in [0.2, 0.25) is 0 Å². The molecule has 3 aromatic rings. The fourth-order valence-electron chi connectivity index (χ4n) is 3.38. The Labute approximate surface area is 165 Å². The van der Waals surface area contributed by atoms with Gasteiger partial charge in [-0.1, -0.05) is 42.5 Å². The number of carbonyl (C=O) groups excluding carboxylic acids is 1. The number of benzene rings is 3. The normalized spacial score (nSPS) is 12.3. The molecule has 0 saturated heterocycles. The fraction of sp³-hybridized carbons (Fsp3) is 0.208. The van der Waals surface area contributed by atoms with E-state index in [1.54, 1.807) is 7.11 Å². The van der Waals surface area contributed by atoms with Gasteiger partial charge in [-0.3, -0.25) is 4.79 Å². The van der Waals surface area contributed by atoms with E-state index in [-0.39, 0.29) is 5.91 Å². The van der Waals surface area contributed by atoms with Gasteiger partial charge in [-0.05, 0) is 52.1 Å². The van der Waals surface area contributed by atoms with Crippen LogP contribution in [0.25, 0.3) is 11.1 Å². The Morgan fingerprint density at radius 3 is 2.43 bits per heavy atom. The van der Waals surface area contributed by atoms with Crippen molar-refractivity contribution < 1.29 is 14.3 Å². The summed E-state index contributed by atoms with van der Waals surface area (Å²) in [6, 6.07) is 22.1. The quantitative estimate of drug-likeness (QED) is 0.698. The van der Waals surface area contributed by atoms with Crippen molar-refractivity contribution in [2.24, 2.45) is 0 Å². The average Bonchev–Trinajstić information content (AvgIpc) is 3.21. The average molecular weight is 373 g/mol. The van der Waals surface area contributed by atoms with Crippen molar-refractivity contribution >= 4 is 5.91 Å². The summed E-state index contributed by atoms with van der Waals surface area (Å²) in [5, 5.41) is 2.97. The van der Waals surface area contributed by atoms with Gasteiger partial charge in [-0.2, -0.15) is 0 Å². The van der Waals surface area contributed by atoms with Crippen LogP contribution in [0.1, 0.15) is 27.0 Å². The Hall–Kier alpha value is -3.11. The summed E-state index contributed by atoms with van der Waals surface area (Å²) in [4.78, 5) is 12.3. The van der Waals surface area contributed by atoms with Gasteiger partial charge in [0.05, 0.1) is 13.2 Å². The molecule has 28 heavy (non-hydrogen) atoms. The fourth-order valence-corrected chi connectivity index (χ4v) is 3.38. The molecule has 1 N–H and O–H groups in total. The predicted molar refractivity (Wildman–Crippen MR) is 109 cm³/mol. The zero-order valence-electron chi connectivity index (χ0n) is 15.9. The molecular formula is C24H23NO3. The van der Waals surface area contributed by atoms with E-state index >= 15 is 0 Å². The van der Waals surface area contributed by atoms with Crippen molar-refractivity contribution in [2.75, 3.05) is 13.7 Å². The smallest absolute Gasteiger partial charge is 0.251 e. The lowest BCUT2D eigenvalue weighted by Crippen LogP contribution is -2.22. The number of fused-ring (bicyclic) bond motifs is 1. The van der Waals surface area contributed by atoms with Gasteiger partial charge in [-0.15, -0.1) is 0 Å². The van der Waals surface area contributed by atoms with Gasteiger partial charge in [0.1, 0.15) is 5.75 Å². The summed E-state index contributed by atoms with van der Waals surface area (Å²) in [6.07, 6.45) is 0.972. The largest absolute Gasteiger partial charge is 0.493 e. The van der Waals surface area contributed by atoms with Crippen molar-refractivity contribution in [3.63, 3.8) is 0 Å². The number of nitrogens with one attached hydrogen (secondary N) is 1. The molecule has 1 heterocycles. The van der Waals surface area contributed by atoms with E-state index in [4.69, 9.17) is 9.47 Å². The Bertz CT molecular complexity index is 962. The second-order valence-electron chi connectivity index (χ2n) is 6.93. The summed E-state index contributed by atoms with van der Waals surface area (Å²) >= 11 is 0. The number of hydrogen-bond donors (Lipinski definition) is 1. The Morgan fingerprint density at radius 1 is 0.964 bits per heavy atom. The van der Waals surface area contributed by atoms with Gasteiger partial charge >= 0.3 is 0 Å². The third kappa shape index (κ3) is 4.07. The summed E-state index contributed by atoms with van der Waals surface area (Å²) in [6.45, 7) is 1.81. The van der Waals surface area contributed by atoms with Crippen LogP contribution < -0.4 is 10.1 Å². The number of methoxy groups -OCH3 is 1. The van der Waals surface area contributed by atoms with Crippen LogP contribution in [0.2, 0.25) is 0 Å². The highest BCUT2D eigenvalue weighted by Crippen LogP contribution is 2.30. The molecule has 1 amide bonds. The first kappa shape index (κ1) is 18.3. The minimum atomic E-state index is -0.0772. The van der Waals surface area contributed by atoms with E-state index < -0.39 is 0 Å². The number of carbonyl (C=O) groups is 1. The van der Waals surface area contributed by atoms with Crippen LogP contribution in [0.5, 0.6) is 5.75 Å². The molecule has 0 atom stereocenters. The second-order valence-corrected chi connectivity index (χ2v) is 6.93. The molecular weight excluding hydrogens is 350 g/mol. The molecule has 142 valence electrons. The molecule has 4 nitrogen and oxygen atoms in total. The van der Waals surface area contributed by atoms with E-state index in [0.717, 1.165) is 29.9 Å². The molecule has 1 aliphatic heterocycles. The van der Waals surface area contributed by atoms with Crippen LogP contribution >= 0.6 is 0 Å². The Balaban J connectivity index is 1.37. The molecule has 0 saturated carbocycles. The molecule has 0 unspecified atom stereocenters. The van der Waals surface area contributed by atoms with Gasteiger partial charge in [-0.25, -0.2) is 0 Å². The first-order chi connectivity index (χ1) is 13.7. The first-order valence-corrected chi connectivity index (χ1v) is 9.44. The van der Waals surface area contributed by atoms with Crippen LogP contribution in [-0.2, 0) is 24.3 Å². The highest BCUT2D eigenvalue weighted by atomic mass is 16.5. The topological polar surface area (TPSA) is 47.6 Å².